The molecule has 0 saturated heterocycles. The summed E-state index contributed by atoms with van der Waals surface area (Å²) in [6, 6.07) is 7.27. The quantitative estimate of drug-likeness (QED) is 0.599. The fraction of sp³-hybridized carbons (Fsp3) is 0.133. The normalized spacial score (nSPS) is 11.4. The fourth-order valence-corrected chi connectivity index (χ4v) is 2.63. The van der Waals surface area contributed by atoms with Gasteiger partial charge in [-0.05, 0) is 17.7 Å². The molecule has 3 aromatic heterocycles. The van der Waals surface area contributed by atoms with Crippen molar-refractivity contribution in [2.24, 2.45) is 0 Å². The van der Waals surface area contributed by atoms with Crippen molar-refractivity contribution in [2.75, 3.05) is 6.61 Å². The molecule has 0 aliphatic carbocycles. The molecular weight excluding hydrogens is 332 g/mol. The van der Waals surface area contributed by atoms with Gasteiger partial charge in [0.25, 0.3) is 5.56 Å². The van der Waals surface area contributed by atoms with E-state index in [0.717, 1.165) is 11.1 Å². The van der Waals surface area contributed by atoms with Gasteiger partial charge < -0.3 is 5.11 Å². The minimum atomic E-state index is -0.369. The summed E-state index contributed by atoms with van der Waals surface area (Å²) in [5, 5.41) is 22.1. The number of benzene rings is 1. The molecule has 0 atom stereocenters. The van der Waals surface area contributed by atoms with Gasteiger partial charge in [0.05, 0.1) is 19.3 Å². The number of nitrogens with zero attached hydrogens (tertiary/aromatic N) is 6. The molecule has 9 heteroatoms. The monoisotopic (exact) mass is 342 g/mol. The molecule has 0 bridgehead atoms. The average molecular weight is 343 g/mol. The Bertz CT molecular complexity index is 1100. The lowest BCUT2D eigenvalue weighted by atomic mass is 10.1. The molecule has 0 spiro atoms. The van der Waals surface area contributed by atoms with Gasteiger partial charge in [0.2, 0.25) is 0 Å². The van der Waals surface area contributed by atoms with Crippen LogP contribution >= 0.6 is 11.6 Å². The van der Waals surface area contributed by atoms with Crippen LogP contribution < -0.4 is 5.56 Å². The van der Waals surface area contributed by atoms with Gasteiger partial charge in [0.1, 0.15) is 6.33 Å². The maximum atomic E-state index is 12.3. The van der Waals surface area contributed by atoms with E-state index >= 15 is 0 Å². The van der Waals surface area contributed by atoms with E-state index in [0.29, 0.717) is 16.3 Å². The number of halogens is 1. The van der Waals surface area contributed by atoms with Gasteiger partial charge in [0.15, 0.2) is 16.8 Å². The van der Waals surface area contributed by atoms with Gasteiger partial charge in [-0.3, -0.25) is 9.36 Å². The highest BCUT2D eigenvalue weighted by Crippen LogP contribution is 2.25. The number of rotatable bonds is 3. The molecule has 24 heavy (non-hydrogen) atoms. The molecule has 8 nitrogen and oxygen atoms in total. The highest BCUT2D eigenvalue weighted by Gasteiger charge is 2.15. The standard InChI is InChI=1S/C15H11ClN6O2/c16-10-3-1-9(2-4-10)11-7-18-22-13(11)20-19-12-14(22)17-8-21(5-6-23)15(12)24/h1-4,7-8,23H,5-6H2. The van der Waals surface area contributed by atoms with Crippen LogP contribution in [0.1, 0.15) is 0 Å². The average Bonchev–Trinajstić information content (AvgIpc) is 3.02. The minimum Gasteiger partial charge on any atom is -0.395 e. The third-order valence-corrected chi connectivity index (χ3v) is 3.93. The molecule has 0 saturated carbocycles. The van der Waals surface area contributed by atoms with E-state index in [1.54, 1.807) is 18.3 Å². The fourth-order valence-electron chi connectivity index (χ4n) is 2.50. The van der Waals surface area contributed by atoms with Crippen LogP contribution in [0.5, 0.6) is 0 Å². The number of fused-ring (bicyclic) bond motifs is 3. The molecular formula is C15H11ClN6O2. The zero-order chi connectivity index (χ0) is 16.7. The van der Waals surface area contributed by atoms with Crippen LogP contribution in [-0.2, 0) is 6.54 Å². The highest BCUT2D eigenvalue weighted by atomic mass is 35.5. The predicted octanol–water partition coefficient (Wildman–Crippen LogP) is 1.15. The summed E-state index contributed by atoms with van der Waals surface area (Å²) in [7, 11) is 0. The van der Waals surface area contributed by atoms with Gasteiger partial charge in [-0.2, -0.15) is 9.61 Å². The van der Waals surface area contributed by atoms with Crippen LogP contribution in [0.4, 0.5) is 0 Å². The molecule has 0 radical (unpaired) electrons. The molecule has 4 aromatic rings. The van der Waals surface area contributed by atoms with Crippen molar-refractivity contribution >= 4 is 28.4 Å². The Labute approximate surface area is 140 Å². The summed E-state index contributed by atoms with van der Waals surface area (Å²) in [6.07, 6.45) is 3.01. The number of hydrogen-bond acceptors (Lipinski definition) is 6. The summed E-state index contributed by atoms with van der Waals surface area (Å²) >= 11 is 5.91. The van der Waals surface area contributed by atoms with Gasteiger partial charge >= 0.3 is 0 Å². The largest absolute Gasteiger partial charge is 0.395 e. The summed E-state index contributed by atoms with van der Waals surface area (Å²) in [6.45, 7) is -0.0120. The Balaban J connectivity index is 1.96. The smallest absolute Gasteiger partial charge is 0.283 e. The third-order valence-electron chi connectivity index (χ3n) is 3.68. The van der Waals surface area contributed by atoms with E-state index in [9.17, 15) is 4.79 Å². The Morgan fingerprint density at radius 2 is 1.92 bits per heavy atom. The van der Waals surface area contributed by atoms with Gasteiger partial charge in [-0.25, -0.2) is 4.98 Å². The Morgan fingerprint density at radius 1 is 1.12 bits per heavy atom. The van der Waals surface area contributed by atoms with Crippen LogP contribution in [0.2, 0.25) is 5.02 Å². The first-order chi connectivity index (χ1) is 11.7. The van der Waals surface area contributed by atoms with Crippen molar-refractivity contribution in [3.63, 3.8) is 0 Å². The number of aliphatic hydroxyl groups is 1. The zero-order valence-corrected chi connectivity index (χ0v) is 13.1. The van der Waals surface area contributed by atoms with Crippen LogP contribution in [0, 0.1) is 0 Å². The minimum absolute atomic E-state index is 0.101. The van der Waals surface area contributed by atoms with Crippen molar-refractivity contribution in [1.29, 1.82) is 0 Å². The van der Waals surface area contributed by atoms with E-state index in [4.69, 9.17) is 16.7 Å². The molecule has 0 unspecified atom stereocenters. The van der Waals surface area contributed by atoms with Gasteiger partial charge in [-0.1, -0.05) is 23.7 Å². The van der Waals surface area contributed by atoms with E-state index < -0.39 is 0 Å². The van der Waals surface area contributed by atoms with Crippen LogP contribution in [0.25, 0.3) is 27.9 Å². The topological polar surface area (TPSA) is 98.2 Å². The molecule has 4 rings (SSSR count). The lowest BCUT2D eigenvalue weighted by Gasteiger charge is -2.04. The molecule has 0 amide bonds. The van der Waals surface area contributed by atoms with Crippen LogP contribution in [0.15, 0.2) is 41.6 Å². The predicted molar refractivity (Wildman–Crippen MR) is 87.9 cm³/mol. The van der Waals surface area contributed by atoms with Crippen molar-refractivity contribution in [1.82, 2.24) is 29.4 Å². The first kappa shape index (κ1) is 14.7. The number of hydrogen-bond donors (Lipinski definition) is 1. The number of aliphatic hydroxyl groups excluding tert-OH is 1. The van der Waals surface area contributed by atoms with Crippen molar-refractivity contribution < 1.29 is 5.11 Å². The highest BCUT2D eigenvalue weighted by molar-refractivity contribution is 6.30. The summed E-state index contributed by atoms with van der Waals surface area (Å²) < 4.78 is 2.77. The number of aromatic nitrogens is 6. The van der Waals surface area contributed by atoms with E-state index in [2.05, 4.69) is 20.3 Å². The van der Waals surface area contributed by atoms with Crippen molar-refractivity contribution in [3.05, 3.63) is 52.2 Å². The summed E-state index contributed by atoms with van der Waals surface area (Å²) in [5.74, 6) is 0. The van der Waals surface area contributed by atoms with Crippen LogP contribution in [0.3, 0.4) is 0 Å². The van der Waals surface area contributed by atoms with Gasteiger partial charge in [0, 0.05) is 10.6 Å². The lowest BCUT2D eigenvalue weighted by molar-refractivity contribution is 0.274. The SMILES string of the molecule is O=c1c2nnc3c(-c4ccc(Cl)cc4)cnn3c2ncn1CCO. The van der Waals surface area contributed by atoms with Crippen molar-refractivity contribution in [2.45, 2.75) is 6.54 Å². The van der Waals surface area contributed by atoms with E-state index in [-0.39, 0.29) is 24.2 Å². The molecule has 120 valence electrons. The van der Waals surface area contributed by atoms with Crippen molar-refractivity contribution in [3.8, 4) is 11.1 Å². The maximum Gasteiger partial charge on any atom is 0.283 e. The zero-order valence-electron chi connectivity index (χ0n) is 12.3. The Kier molecular flexibility index (Phi) is 3.47. The van der Waals surface area contributed by atoms with E-state index in [1.165, 1.54) is 15.4 Å². The lowest BCUT2D eigenvalue weighted by Crippen LogP contribution is -2.24. The van der Waals surface area contributed by atoms with E-state index in [1.807, 2.05) is 12.1 Å². The first-order valence-corrected chi connectivity index (χ1v) is 7.53. The molecule has 1 aromatic carbocycles. The second-order valence-electron chi connectivity index (χ2n) is 5.14. The summed E-state index contributed by atoms with van der Waals surface area (Å²) in [4.78, 5) is 16.6. The molecule has 0 aliphatic heterocycles. The second-order valence-corrected chi connectivity index (χ2v) is 5.58. The molecule has 0 fully saturated rings. The maximum absolute atomic E-state index is 12.3. The Hall–Kier alpha value is -2.84. The second kappa shape index (κ2) is 5.66. The summed E-state index contributed by atoms with van der Waals surface area (Å²) in [5.41, 5.74) is 2.20. The Morgan fingerprint density at radius 3 is 2.67 bits per heavy atom. The molecule has 3 heterocycles. The molecule has 0 aliphatic rings. The van der Waals surface area contributed by atoms with Crippen LogP contribution in [-0.4, -0.2) is 41.1 Å². The first-order valence-electron chi connectivity index (χ1n) is 7.15. The van der Waals surface area contributed by atoms with Gasteiger partial charge in [-0.15, -0.1) is 10.2 Å². The molecule has 1 N–H and O–H groups in total. The third kappa shape index (κ3) is 2.24.